The average Bonchev–Trinajstić information content (AvgIpc) is 2.90. The van der Waals surface area contributed by atoms with E-state index >= 15 is 0 Å². The molecular weight excluding hydrogens is 446 g/mol. The molecule has 1 amide bonds. The average molecular weight is 480 g/mol. The number of ether oxygens (including phenoxy) is 5. The molecule has 0 saturated heterocycles. The summed E-state index contributed by atoms with van der Waals surface area (Å²) in [4.78, 5) is 12.4. The highest BCUT2D eigenvalue weighted by Gasteiger charge is 2.17. The number of unbranched alkanes of at least 4 members (excludes halogenated alkanes) is 1. The first-order valence-electron chi connectivity index (χ1n) is 11.6. The molecule has 3 rings (SSSR count). The van der Waals surface area contributed by atoms with E-state index < -0.39 is 0 Å². The van der Waals surface area contributed by atoms with Crippen LogP contribution in [0.1, 0.15) is 24.0 Å². The zero-order chi connectivity index (χ0) is 24.9. The van der Waals surface area contributed by atoms with Gasteiger partial charge in [0, 0.05) is 12.1 Å². The largest absolute Gasteiger partial charge is 0.494 e. The van der Waals surface area contributed by atoms with Crippen LogP contribution in [0.15, 0.2) is 66.7 Å². The molecule has 0 saturated carbocycles. The standard InChI is InChI=1S/C28H33NO6/c1-31-25-16-11-22(27(32-2)28(25)33-3)19-26(30)29-17-7-8-18-34-23-12-14-24(15-13-23)35-20-21-9-5-4-6-10-21/h4-6,9-16H,7-8,17-20H2,1-3H3,(H,29,30). The van der Waals surface area contributed by atoms with Crippen molar-refractivity contribution in [1.29, 1.82) is 0 Å². The molecule has 0 heterocycles. The van der Waals surface area contributed by atoms with Gasteiger partial charge in [-0.2, -0.15) is 0 Å². The van der Waals surface area contributed by atoms with Gasteiger partial charge in [-0.15, -0.1) is 0 Å². The van der Waals surface area contributed by atoms with E-state index in [1.165, 1.54) is 0 Å². The first kappa shape index (κ1) is 25.7. The lowest BCUT2D eigenvalue weighted by Gasteiger charge is -2.15. The van der Waals surface area contributed by atoms with Gasteiger partial charge >= 0.3 is 0 Å². The molecule has 0 fully saturated rings. The van der Waals surface area contributed by atoms with E-state index in [-0.39, 0.29) is 12.3 Å². The van der Waals surface area contributed by atoms with Gasteiger partial charge in [0.2, 0.25) is 11.7 Å². The monoisotopic (exact) mass is 479 g/mol. The van der Waals surface area contributed by atoms with Crippen LogP contribution in [0.3, 0.4) is 0 Å². The number of rotatable bonds is 14. The summed E-state index contributed by atoms with van der Waals surface area (Å²) in [5.41, 5.74) is 1.87. The molecule has 0 aliphatic carbocycles. The fraction of sp³-hybridized carbons (Fsp3) is 0.321. The van der Waals surface area contributed by atoms with E-state index in [0.717, 1.165) is 35.5 Å². The van der Waals surface area contributed by atoms with Gasteiger partial charge in [0.15, 0.2) is 11.5 Å². The quantitative estimate of drug-likeness (QED) is 0.335. The van der Waals surface area contributed by atoms with Gasteiger partial charge in [-0.05, 0) is 48.7 Å². The molecular formula is C28H33NO6. The summed E-state index contributed by atoms with van der Waals surface area (Å²) in [6.07, 6.45) is 1.83. The third-order valence-electron chi connectivity index (χ3n) is 5.37. The van der Waals surface area contributed by atoms with Gasteiger partial charge in [0.1, 0.15) is 18.1 Å². The molecule has 0 unspecified atom stereocenters. The van der Waals surface area contributed by atoms with Gasteiger partial charge < -0.3 is 29.0 Å². The number of hydrogen-bond acceptors (Lipinski definition) is 6. The van der Waals surface area contributed by atoms with Crippen molar-refractivity contribution in [3.05, 3.63) is 77.9 Å². The minimum atomic E-state index is -0.0810. The molecule has 0 aromatic heterocycles. The molecule has 3 aromatic carbocycles. The first-order chi connectivity index (χ1) is 17.1. The van der Waals surface area contributed by atoms with Crippen molar-refractivity contribution < 1.29 is 28.5 Å². The summed E-state index contributed by atoms with van der Waals surface area (Å²) in [6, 6.07) is 21.2. The molecule has 7 heteroatoms. The van der Waals surface area contributed by atoms with E-state index in [0.29, 0.717) is 37.0 Å². The van der Waals surface area contributed by atoms with Crippen molar-refractivity contribution in [2.75, 3.05) is 34.5 Å². The van der Waals surface area contributed by atoms with Crippen LogP contribution in [0.2, 0.25) is 0 Å². The Bertz CT molecular complexity index is 1050. The molecule has 35 heavy (non-hydrogen) atoms. The lowest BCUT2D eigenvalue weighted by atomic mass is 10.1. The Labute approximate surface area is 206 Å². The van der Waals surface area contributed by atoms with Crippen LogP contribution in [0, 0.1) is 0 Å². The van der Waals surface area contributed by atoms with Gasteiger partial charge in [-0.3, -0.25) is 4.79 Å². The van der Waals surface area contributed by atoms with Gasteiger partial charge in [0.25, 0.3) is 0 Å². The van der Waals surface area contributed by atoms with Crippen LogP contribution in [0.25, 0.3) is 0 Å². The SMILES string of the molecule is COc1ccc(CC(=O)NCCCCOc2ccc(OCc3ccccc3)cc2)c(OC)c1OC. The minimum absolute atomic E-state index is 0.0810. The second-order valence-corrected chi connectivity index (χ2v) is 7.82. The van der Waals surface area contributed by atoms with Crippen LogP contribution < -0.4 is 29.0 Å². The van der Waals surface area contributed by atoms with Gasteiger partial charge in [-0.25, -0.2) is 0 Å². The highest BCUT2D eigenvalue weighted by molar-refractivity contribution is 5.80. The van der Waals surface area contributed by atoms with Gasteiger partial charge in [-0.1, -0.05) is 36.4 Å². The number of carbonyl (C=O) groups is 1. The number of hydrogen-bond donors (Lipinski definition) is 1. The molecule has 0 atom stereocenters. The van der Waals surface area contributed by atoms with Crippen molar-refractivity contribution in [2.24, 2.45) is 0 Å². The smallest absolute Gasteiger partial charge is 0.224 e. The second-order valence-electron chi connectivity index (χ2n) is 7.82. The highest BCUT2D eigenvalue weighted by Crippen LogP contribution is 2.39. The predicted molar refractivity (Wildman–Crippen MR) is 135 cm³/mol. The van der Waals surface area contributed by atoms with Crippen LogP contribution in [-0.4, -0.2) is 40.4 Å². The van der Waals surface area contributed by atoms with Crippen molar-refractivity contribution in [3.8, 4) is 28.7 Å². The van der Waals surface area contributed by atoms with Crippen LogP contribution in [-0.2, 0) is 17.8 Å². The molecule has 0 bridgehead atoms. The molecule has 0 aliphatic heterocycles. The Morgan fingerprint density at radius 3 is 2.09 bits per heavy atom. The molecule has 7 nitrogen and oxygen atoms in total. The first-order valence-corrected chi connectivity index (χ1v) is 11.6. The van der Waals surface area contributed by atoms with Crippen molar-refractivity contribution in [2.45, 2.75) is 25.9 Å². The van der Waals surface area contributed by atoms with E-state index in [9.17, 15) is 4.79 Å². The Balaban J connectivity index is 1.33. The van der Waals surface area contributed by atoms with Crippen LogP contribution in [0.5, 0.6) is 28.7 Å². The maximum Gasteiger partial charge on any atom is 0.224 e. The maximum atomic E-state index is 12.4. The maximum absolute atomic E-state index is 12.4. The molecule has 3 aromatic rings. The van der Waals surface area contributed by atoms with E-state index in [2.05, 4.69) is 5.32 Å². The highest BCUT2D eigenvalue weighted by atomic mass is 16.5. The number of benzene rings is 3. The van der Waals surface area contributed by atoms with Crippen molar-refractivity contribution in [1.82, 2.24) is 5.32 Å². The lowest BCUT2D eigenvalue weighted by Crippen LogP contribution is -2.26. The van der Waals surface area contributed by atoms with Crippen LogP contribution in [0.4, 0.5) is 0 Å². The van der Waals surface area contributed by atoms with Crippen molar-refractivity contribution >= 4 is 5.91 Å². The molecule has 0 spiro atoms. The normalized spacial score (nSPS) is 10.4. The zero-order valence-corrected chi connectivity index (χ0v) is 20.5. The van der Waals surface area contributed by atoms with Crippen LogP contribution >= 0.6 is 0 Å². The summed E-state index contributed by atoms with van der Waals surface area (Å²) in [5.74, 6) is 3.06. The number of carbonyl (C=O) groups excluding carboxylic acids is 1. The van der Waals surface area contributed by atoms with Crippen molar-refractivity contribution in [3.63, 3.8) is 0 Å². The summed E-state index contributed by atoms with van der Waals surface area (Å²) in [7, 11) is 4.65. The Morgan fingerprint density at radius 1 is 0.743 bits per heavy atom. The molecule has 1 N–H and O–H groups in total. The third kappa shape index (κ3) is 7.84. The summed E-state index contributed by atoms with van der Waals surface area (Å²) >= 11 is 0. The second kappa shape index (κ2) is 13.7. The summed E-state index contributed by atoms with van der Waals surface area (Å²) in [6.45, 7) is 1.68. The number of nitrogens with one attached hydrogen (secondary N) is 1. The molecule has 0 radical (unpaired) electrons. The minimum Gasteiger partial charge on any atom is -0.494 e. The van der Waals surface area contributed by atoms with E-state index in [4.69, 9.17) is 23.7 Å². The fourth-order valence-corrected chi connectivity index (χ4v) is 3.56. The van der Waals surface area contributed by atoms with Gasteiger partial charge in [0.05, 0.1) is 34.4 Å². The zero-order valence-electron chi connectivity index (χ0n) is 20.5. The van der Waals surface area contributed by atoms with E-state index in [1.54, 1.807) is 27.4 Å². The Kier molecular flexibility index (Phi) is 10.1. The topological polar surface area (TPSA) is 75.3 Å². The summed E-state index contributed by atoms with van der Waals surface area (Å²) < 4.78 is 27.7. The Hall–Kier alpha value is -3.87. The Morgan fingerprint density at radius 2 is 1.43 bits per heavy atom. The number of methoxy groups -OCH3 is 3. The third-order valence-corrected chi connectivity index (χ3v) is 5.37. The predicted octanol–water partition coefficient (Wildman–Crippen LogP) is 4.81. The lowest BCUT2D eigenvalue weighted by molar-refractivity contribution is -0.120. The number of amides is 1. The summed E-state index contributed by atoms with van der Waals surface area (Å²) in [5, 5.41) is 2.94. The fourth-order valence-electron chi connectivity index (χ4n) is 3.56. The molecule has 0 aliphatic rings. The van der Waals surface area contributed by atoms with E-state index in [1.807, 2.05) is 60.7 Å². The molecule has 186 valence electrons.